The lowest BCUT2D eigenvalue weighted by atomic mass is 10.2. The third-order valence-corrected chi connectivity index (χ3v) is 8.00. The largest absolute Gasteiger partial charge is 0.487 e. The van der Waals surface area contributed by atoms with Crippen molar-refractivity contribution in [2.24, 2.45) is 0 Å². The summed E-state index contributed by atoms with van der Waals surface area (Å²) in [6.07, 6.45) is 0. The highest BCUT2D eigenvalue weighted by Gasteiger charge is 2.20. The van der Waals surface area contributed by atoms with Crippen LogP contribution in [0.5, 0.6) is 46.0 Å². The second-order valence-electron chi connectivity index (χ2n) is 11.6. The molecular weight excluding hydrogens is 684 g/mol. The molecule has 0 aliphatic carbocycles. The van der Waals surface area contributed by atoms with Crippen LogP contribution in [0.25, 0.3) is 0 Å². The quantitative estimate of drug-likeness (QED) is 0.197. The Balaban J connectivity index is 0.00000481. The van der Waals surface area contributed by atoms with Gasteiger partial charge in [0, 0.05) is 0 Å². The maximum atomic E-state index is 6.34. The summed E-state index contributed by atoms with van der Waals surface area (Å²) in [4.78, 5) is 10.2. The molecule has 3 heterocycles. The van der Waals surface area contributed by atoms with Crippen molar-refractivity contribution < 1.29 is 52.8 Å². The molecule has 53 heavy (non-hydrogen) atoms. The average Bonchev–Trinajstić information content (AvgIpc) is 3.18. The highest BCUT2D eigenvalue weighted by atomic mass is 16.6. The van der Waals surface area contributed by atoms with Gasteiger partial charge in [0.05, 0.1) is 26.4 Å². The number of fused-ring (bicyclic) bond motifs is 6. The van der Waals surface area contributed by atoms with Crippen LogP contribution in [0.1, 0.15) is 22.8 Å². The fraction of sp³-hybridized carbons (Fsp3) is 0.300. The van der Waals surface area contributed by atoms with E-state index in [-0.39, 0.29) is 31.9 Å². The summed E-state index contributed by atoms with van der Waals surface area (Å²) in [7, 11) is 0. The van der Waals surface area contributed by atoms with Crippen LogP contribution >= 0.6 is 0 Å². The number of hydrogen-bond donors (Lipinski definition) is 0. The van der Waals surface area contributed by atoms with Gasteiger partial charge in [0.15, 0.2) is 46.0 Å². The fourth-order valence-electron chi connectivity index (χ4n) is 5.43. The molecule has 2 aliphatic heterocycles. The van der Waals surface area contributed by atoms with Crippen molar-refractivity contribution in [3.05, 3.63) is 120 Å². The first kappa shape index (κ1) is 37.0. The van der Waals surface area contributed by atoms with Crippen molar-refractivity contribution >= 4 is 0 Å². The number of para-hydroxylation sites is 8. The monoisotopic (exact) mass is 726 g/mol. The van der Waals surface area contributed by atoms with Gasteiger partial charge in [0.2, 0.25) is 0 Å². The molecule has 0 spiro atoms. The Morgan fingerprint density at radius 1 is 0.283 bits per heavy atom. The topological polar surface area (TPSA) is 150 Å². The molecule has 2 aliphatic rings. The number of ether oxygens (including phenoxy) is 10. The molecule has 13 heteroatoms. The Hall–Kier alpha value is -5.76. The van der Waals surface area contributed by atoms with Crippen molar-refractivity contribution in [3.63, 3.8) is 0 Å². The molecule has 1 aromatic heterocycles. The van der Waals surface area contributed by atoms with Gasteiger partial charge in [-0.25, -0.2) is 9.97 Å². The molecule has 0 radical (unpaired) electrons. The van der Waals surface area contributed by atoms with Crippen LogP contribution < -0.4 is 37.9 Å². The fourth-order valence-corrected chi connectivity index (χ4v) is 5.43. The predicted octanol–water partition coefficient (Wildman–Crippen LogP) is 5.54. The number of rotatable bonds is 0. The molecule has 0 bridgehead atoms. The number of benzene rings is 4. The van der Waals surface area contributed by atoms with Crippen molar-refractivity contribution in [1.29, 1.82) is 0 Å². The molecule has 13 nitrogen and oxygen atoms in total. The van der Waals surface area contributed by atoms with Crippen LogP contribution in [0.2, 0.25) is 0 Å². The van der Waals surface area contributed by atoms with Gasteiger partial charge in [-0.1, -0.05) is 48.5 Å². The summed E-state index contributed by atoms with van der Waals surface area (Å²) in [6.45, 7) is 3.21. The molecule has 0 unspecified atom stereocenters. The van der Waals surface area contributed by atoms with E-state index in [2.05, 4.69) is 0 Å². The van der Waals surface area contributed by atoms with Gasteiger partial charge in [0.25, 0.3) is 0 Å². The lowest BCUT2D eigenvalue weighted by Gasteiger charge is -2.19. The summed E-state index contributed by atoms with van der Waals surface area (Å²) < 4.78 is 60.9. The third kappa shape index (κ3) is 10.2. The Morgan fingerprint density at radius 3 is 0.717 bits per heavy atom. The van der Waals surface area contributed by atoms with Gasteiger partial charge in [-0.05, 0) is 48.5 Å². The first-order valence-corrected chi connectivity index (χ1v) is 17.2. The van der Waals surface area contributed by atoms with E-state index in [1.54, 1.807) is 0 Å². The lowest BCUT2D eigenvalue weighted by Crippen LogP contribution is -2.17. The van der Waals surface area contributed by atoms with Crippen LogP contribution in [-0.2, 0) is 35.9 Å². The van der Waals surface area contributed by atoms with Crippen molar-refractivity contribution in [2.75, 3.05) is 52.9 Å². The second kappa shape index (κ2) is 19.2. The molecule has 0 amide bonds. The van der Waals surface area contributed by atoms with Gasteiger partial charge < -0.3 is 52.8 Å². The van der Waals surface area contributed by atoms with E-state index in [4.69, 9.17) is 57.3 Å². The first-order valence-electron chi connectivity index (χ1n) is 17.2. The van der Waals surface area contributed by atoms with E-state index in [0.717, 1.165) is 0 Å². The lowest BCUT2D eigenvalue weighted by molar-refractivity contribution is 0.0745. The number of aromatic nitrogens is 2. The molecule has 2 N–H and O–H groups in total. The molecule has 0 fully saturated rings. The minimum absolute atomic E-state index is 0. The average molecular weight is 727 g/mol. The summed E-state index contributed by atoms with van der Waals surface area (Å²) in [5, 5.41) is 0. The minimum atomic E-state index is 0. The highest BCUT2D eigenvalue weighted by molar-refractivity contribution is 5.42. The van der Waals surface area contributed by atoms with Crippen LogP contribution in [0.4, 0.5) is 0 Å². The summed E-state index contributed by atoms with van der Waals surface area (Å²) >= 11 is 0. The van der Waals surface area contributed by atoms with Gasteiger partial charge >= 0.3 is 0 Å². The maximum Gasteiger partial charge on any atom is 0.161 e. The molecule has 4 aromatic carbocycles. The van der Waals surface area contributed by atoms with Gasteiger partial charge in [-0.15, -0.1) is 0 Å². The Morgan fingerprint density at radius 2 is 0.491 bits per heavy atom. The van der Waals surface area contributed by atoms with Crippen molar-refractivity contribution in [1.82, 2.24) is 9.97 Å². The minimum Gasteiger partial charge on any atom is -0.487 e. The van der Waals surface area contributed by atoms with Crippen LogP contribution in [0, 0.1) is 0 Å². The van der Waals surface area contributed by atoms with Crippen molar-refractivity contribution in [3.8, 4) is 46.0 Å². The SMILES string of the molecule is O.c1ccc2c(c1)OCCOCCOc1ccccc1OCc1nc3c(nc1CO2)COc1ccccc1OCCOCCOc1ccccc1OC3. The Labute approximate surface area is 307 Å². The van der Waals surface area contributed by atoms with Crippen LogP contribution in [0.3, 0.4) is 0 Å². The van der Waals surface area contributed by atoms with Gasteiger partial charge in [0.1, 0.15) is 75.6 Å². The summed E-state index contributed by atoms with van der Waals surface area (Å²) in [6, 6.07) is 29.9. The van der Waals surface area contributed by atoms with Crippen LogP contribution in [0.15, 0.2) is 97.1 Å². The number of hydrogen-bond acceptors (Lipinski definition) is 12. The summed E-state index contributed by atoms with van der Waals surface area (Å²) in [5.41, 5.74) is 2.22. The highest BCUT2D eigenvalue weighted by Crippen LogP contribution is 2.32. The van der Waals surface area contributed by atoms with Crippen LogP contribution in [-0.4, -0.2) is 68.3 Å². The Bertz CT molecular complexity index is 1640. The van der Waals surface area contributed by atoms with E-state index < -0.39 is 0 Å². The van der Waals surface area contributed by atoms with E-state index in [1.807, 2.05) is 97.1 Å². The zero-order valence-corrected chi connectivity index (χ0v) is 29.2. The Kier molecular flexibility index (Phi) is 13.4. The van der Waals surface area contributed by atoms with E-state index in [1.165, 1.54) is 0 Å². The molecule has 5 aromatic rings. The molecule has 0 saturated heterocycles. The molecular formula is C40H42N2O11. The first-order chi connectivity index (χ1) is 25.8. The maximum absolute atomic E-state index is 6.34. The molecule has 7 rings (SSSR count). The number of nitrogens with zero attached hydrogens (tertiary/aromatic N) is 2. The smallest absolute Gasteiger partial charge is 0.161 e. The second-order valence-corrected chi connectivity index (χ2v) is 11.6. The normalized spacial score (nSPS) is 15.5. The van der Waals surface area contributed by atoms with E-state index in [9.17, 15) is 0 Å². The zero-order chi connectivity index (χ0) is 35.2. The molecule has 0 saturated carbocycles. The standard InChI is InChI=1S/C40H40N2O10.H2O/c1-5-13-37-33(9-1)45-21-17-43-18-22-46-34-10-2-6-14-38(34)50-26-30-29(25-49-37)41-31-27-51-39-15-7-3-11-35(39)47-23-19-44-20-24-48-36-12-4-8-16-40(36)52-28-32(31)42-30;/h1-16H,17-28H2;1H2. The van der Waals surface area contributed by atoms with E-state index >= 15 is 0 Å². The third-order valence-electron chi connectivity index (χ3n) is 8.00. The zero-order valence-electron chi connectivity index (χ0n) is 29.2. The molecule has 0 atom stereocenters. The predicted molar refractivity (Wildman–Crippen MR) is 192 cm³/mol. The van der Waals surface area contributed by atoms with Crippen molar-refractivity contribution in [2.45, 2.75) is 26.4 Å². The summed E-state index contributed by atoms with van der Waals surface area (Å²) in [5.74, 6) is 4.59. The molecule has 278 valence electrons. The van der Waals surface area contributed by atoms with Gasteiger partial charge in [-0.3, -0.25) is 0 Å². The van der Waals surface area contributed by atoms with Gasteiger partial charge in [-0.2, -0.15) is 0 Å². The van der Waals surface area contributed by atoms with E-state index in [0.29, 0.717) is 122 Å².